The fourth-order valence-electron chi connectivity index (χ4n) is 9.63. The third kappa shape index (κ3) is 80.6. The molecular weight excluding hydrogens is 1760 g/mol. The Labute approximate surface area is 747 Å². The summed E-state index contributed by atoms with van der Waals surface area (Å²) in [7, 11) is -10.2. The van der Waals surface area contributed by atoms with Crippen LogP contribution in [0.1, 0.15) is 62.8 Å². The van der Waals surface area contributed by atoms with E-state index in [-0.39, 0.29) is 38.2 Å². The summed E-state index contributed by atoms with van der Waals surface area (Å²) >= 11 is 8.01. The van der Waals surface area contributed by atoms with Crippen LogP contribution in [0.5, 0.6) is 0 Å². The number of carbonyl (C=O) groups is 2. The number of phosphoric ester groups is 3. The molecule has 2 saturated heterocycles. The first-order valence-corrected chi connectivity index (χ1v) is 47.9. The molecule has 125 heavy (non-hydrogen) atoms. The van der Waals surface area contributed by atoms with Gasteiger partial charge in [-0.15, -0.1) is 10.2 Å². The van der Waals surface area contributed by atoms with Gasteiger partial charge in [-0.05, 0) is 44.7 Å². The molecule has 738 valence electrons. The van der Waals surface area contributed by atoms with E-state index in [4.69, 9.17) is 138 Å². The number of ether oxygens (including phenoxy) is 22. The van der Waals surface area contributed by atoms with Crippen LogP contribution in [0.25, 0.3) is 0 Å². The van der Waals surface area contributed by atoms with Gasteiger partial charge in [-0.3, -0.25) is 36.7 Å². The first-order chi connectivity index (χ1) is 60.8. The number of aliphatic hydroxyl groups excluding tert-OH is 1. The maximum Gasteiger partial charge on any atom is 0.472 e. The normalized spacial score (nSPS) is 16.5. The molecule has 0 spiro atoms. The zero-order valence-electron chi connectivity index (χ0n) is 73.6. The van der Waals surface area contributed by atoms with Crippen LogP contribution in [0, 0.1) is 13.8 Å². The number of nitrogens with one attached hydrogen (secondary N) is 2. The predicted octanol–water partition coefficient (Wildman–Crippen LogP) is 1.84. The minimum atomic E-state index is -4.23. The van der Waals surface area contributed by atoms with E-state index in [1.165, 1.54) is 0 Å². The number of hydrogen-bond donors (Lipinski definition) is 9. The topological polar surface area (TPSA) is 536 Å². The van der Waals surface area contributed by atoms with Crippen molar-refractivity contribution in [1.29, 1.82) is 0 Å². The van der Waals surface area contributed by atoms with E-state index in [9.17, 15) is 33.1 Å². The highest BCUT2D eigenvalue weighted by molar-refractivity contribution is 7.80. The number of nitrogens with zero attached hydrogens (tertiary/aromatic N) is 6. The summed E-state index contributed by atoms with van der Waals surface area (Å²) in [6, 6.07) is 0. The lowest BCUT2D eigenvalue weighted by molar-refractivity contribution is -0.121. The molecule has 0 bridgehead atoms. The van der Waals surface area contributed by atoms with Crippen LogP contribution in [0.3, 0.4) is 0 Å². The van der Waals surface area contributed by atoms with Gasteiger partial charge in [-0.2, -0.15) is 25.3 Å². The molecule has 0 aromatic carbocycles. The summed E-state index contributed by atoms with van der Waals surface area (Å²) < 4.78 is 185. The number of nitrogens with two attached hydrogens (primary N) is 1. The van der Waals surface area contributed by atoms with E-state index >= 15 is 0 Å². The number of aliphatic hydroxyl groups is 1. The zero-order valence-corrected chi connectivity index (χ0v) is 78.1. The van der Waals surface area contributed by atoms with Gasteiger partial charge in [-0.25, -0.2) is 23.1 Å². The van der Waals surface area contributed by atoms with Gasteiger partial charge < -0.3 is 140 Å². The number of phosphoric acid groups is 3. The summed E-state index contributed by atoms with van der Waals surface area (Å²) in [5, 5.41) is 30.1. The Bertz CT molecular complexity index is 2750. The molecule has 2 fully saturated rings. The molecule has 7 atom stereocenters. The highest BCUT2D eigenvalue weighted by atomic mass is 32.1. The van der Waals surface area contributed by atoms with Gasteiger partial charge in [0.05, 0.1) is 309 Å². The quantitative estimate of drug-likeness (QED) is 0.0259. The molecule has 2 aromatic heterocycles. The number of carbonyl (C=O) groups excluding carboxylic acids is 2. The van der Waals surface area contributed by atoms with Gasteiger partial charge in [0.1, 0.15) is 24.4 Å². The molecule has 2 aromatic rings. The molecule has 3 unspecified atom stereocenters. The van der Waals surface area contributed by atoms with Crippen LogP contribution in [0.2, 0.25) is 0 Å². The average Bonchev–Trinajstić information content (AvgIpc) is 1.72. The Morgan fingerprint density at radius 3 is 0.968 bits per heavy atom. The second-order valence-electron chi connectivity index (χ2n) is 26.1. The van der Waals surface area contributed by atoms with Crippen molar-refractivity contribution in [3.8, 4) is 0 Å². The van der Waals surface area contributed by atoms with Crippen molar-refractivity contribution in [2.45, 2.75) is 103 Å². The Hall–Kier alpha value is -2.71. The summed E-state index contributed by atoms with van der Waals surface area (Å²) in [5.74, 6) is 1.05. The second kappa shape index (κ2) is 87.9. The molecule has 0 saturated carbocycles. The van der Waals surface area contributed by atoms with Gasteiger partial charge in [0, 0.05) is 78.6 Å². The molecule has 2 aliphatic heterocycles. The number of rotatable bonds is 87. The number of aromatic nitrogens is 6. The molecule has 8 N–H and O–H groups in total. The van der Waals surface area contributed by atoms with Crippen molar-refractivity contribution in [1.82, 2.24) is 40.6 Å². The van der Waals surface area contributed by atoms with Crippen LogP contribution < -0.4 is 16.4 Å². The summed E-state index contributed by atoms with van der Waals surface area (Å²) in [6.45, 7) is 27.2. The Kier molecular flexibility index (Phi) is 84.6. The summed E-state index contributed by atoms with van der Waals surface area (Å²) in [5.41, 5.74) is 7.17. The van der Waals surface area contributed by atoms with Gasteiger partial charge >= 0.3 is 23.5 Å². The minimum Gasteiger partial charge on any atom is -0.394 e. The van der Waals surface area contributed by atoms with E-state index in [0.717, 1.165) is 44.9 Å². The van der Waals surface area contributed by atoms with Gasteiger partial charge in [-0.1, -0.05) is 23.3 Å². The zero-order chi connectivity index (χ0) is 91.2. The molecule has 4 heterocycles. The Morgan fingerprint density at radius 2 is 0.688 bits per heavy atom. The molecule has 2 amide bonds. The monoisotopic (exact) mass is 1910 g/mol. The van der Waals surface area contributed by atoms with Gasteiger partial charge in [0.15, 0.2) is 0 Å². The first kappa shape index (κ1) is 120. The van der Waals surface area contributed by atoms with E-state index in [1.807, 2.05) is 26.2 Å². The number of unbranched alkanes of at least 4 members (excludes halogenated alkanes) is 3. The van der Waals surface area contributed by atoms with E-state index in [2.05, 4.69) is 65.6 Å². The van der Waals surface area contributed by atoms with Crippen LogP contribution in [-0.4, -0.2) is 429 Å². The van der Waals surface area contributed by atoms with Gasteiger partial charge in [0.2, 0.25) is 11.8 Å². The van der Waals surface area contributed by atoms with E-state index in [0.29, 0.717) is 347 Å². The molecule has 46 nitrogen and oxygen atoms in total. The molecule has 4 rings (SSSR count). The van der Waals surface area contributed by atoms with Crippen molar-refractivity contribution in [2.75, 3.05) is 343 Å². The summed E-state index contributed by atoms with van der Waals surface area (Å²) in [6.07, 6.45) is 6.13. The van der Waals surface area contributed by atoms with E-state index < -0.39 is 47.9 Å². The van der Waals surface area contributed by atoms with Gasteiger partial charge in [0.25, 0.3) is 0 Å². The lowest BCUT2D eigenvalue weighted by Gasteiger charge is -2.22. The lowest BCUT2D eigenvalue weighted by atomic mass is 10.2. The molecular formula is C74H148N9O37P3S2. The Balaban J connectivity index is 0.000000900. The summed E-state index contributed by atoms with van der Waals surface area (Å²) in [4.78, 5) is 50.4. The standard InChI is InChI=1S/2C28H54N4O11S.C12H27NO9P2.C6H13O6P/c2*1-27-26-32(31-30-27)4-6-35-8-10-37-12-14-39-16-18-41-20-22-43-24-23-42-21-19-40-17-15-38-13-11-36-9-7-34-5-3-29-28(33)2-25-44;1-18-23(14,15)21-10-12-11(6-9-19-12)22-24(16,17)20-8-5-3-2-4-7-13;1-10-13(8,9)12-5-2-3-11-6(5)4-7/h2*26,44H,2-25H2,1H3,(H,29,33);11-12H,2-10,13H2,1H3,(H,14,15)(H,16,17);5-7H,2-4H2,1H3,(H,8,9)/t;;11-,12-;5-,6-/m..11/s1. The number of aryl methyl sites for hydroxylation is 2. The maximum absolute atomic E-state index is 11.9. The minimum absolute atomic E-state index is 0.0148. The molecule has 0 aliphatic carbocycles. The predicted molar refractivity (Wildman–Crippen MR) is 457 cm³/mol. The van der Waals surface area contributed by atoms with Crippen molar-refractivity contribution in [3.05, 3.63) is 23.8 Å². The highest BCUT2D eigenvalue weighted by Crippen LogP contribution is 2.48. The van der Waals surface area contributed by atoms with Crippen molar-refractivity contribution >= 4 is 60.5 Å². The lowest BCUT2D eigenvalue weighted by Crippen LogP contribution is -2.28. The largest absolute Gasteiger partial charge is 0.472 e. The van der Waals surface area contributed by atoms with Crippen LogP contribution in [0.4, 0.5) is 0 Å². The van der Waals surface area contributed by atoms with Crippen molar-refractivity contribution in [2.24, 2.45) is 5.73 Å². The number of hydrogen-bond acceptors (Lipinski definition) is 41. The third-order valence-corrected chi connectivity index (χ3v) is 19.4. The average molecular weight is 1910 g/mol. The molecule has 2 aliphatic rings. The molecule has 51 heteroatoms. The second-order valence-corrected chi connectivity index (χ2v) is 31.5. The number of amides is 2. The number of thiol groups is 2. The first-order valence-electron chi connectivity index (χ1n) is 42.2. The third-order valence-electron chi connectivity index (χ3n) is 16.0. The van der Waals surface area contributed by atoms with Crippen LogP contribution in [-0.2, 0) is 168 Å². The SMILES string of the molecule is COP(=O)(O)OC[C@H]1OCC[C@H]1OP(=O)(O)OCCCCCCN.COP(=O)(O)O[C@@H]1CCO[C@@H]1CO.Cc1cn(CCOCCOCCOCCOCCOCCOCCOCCOCCOCCOCCNC(=O)CCS)nn1.Cc1cn(CCOCCOCCOCCOCCOCCOCCOCCOCCOCCOCCNC(=O)CCS)nn1. The Morgan fingerprint density at radius 1 is 0.408 bits per heavy atom. The van der Waals surface area contributed by atoms with E-state index in [1.54, 1.807) is 9.36 Å². The van der Waals surface area contributed by atoms with Crippen LogP contribution >= 0.6 is 48.7 Å². The maximum atomic E-state index is 11.9. The molecule has 0 radical (unpaired) electrons. The van der Waals surface area contributed by atoms with Crippen molar-refractivity contribution in [3.63, 3.8) is 0 Å². The fourth-order valence-corrected chi connectivity index (χ4v) is 12.2. The fraction of sp³-hybridized carbons (Fsp3) is 0.919. The smallest absolute Gasteiger partial charge is 0.394 e. The van der Waals surface area contributed by atoms with Crippen LogP contribution in [0.15, 0.2) is 12.4 Å². The highest BCUT2D eigenvalue weighted by Gasteiger charge is 2.38. The van der Waals surface area contributed by atoms with Crippen molar-refractivity contribution < 1.29 is 174 Å².